The van der Waals surface area contributed by atoms with Crippen molar-refractivity contribution >= 4 is 29.7 Å². The fourth-order valence-corrected chi connectivity index (χ4v) is 5.86. The van der Waals surface area contributed by atoms with Gasteiger partial charge in [0.15, 0.2) is 0 Å². The second kappa shape index (κ2) is 16.9. The highest BCUT2D eigenvalue weighted by molar-refractivity contribution is 7.98. The summed E-state index contributed by atoms with van der Waals surface area (Å²) in [7, 11) is 0. The van der Waals surface area contributed by atoms with Crippen molar-refractivity contribution in [1.82, 2.24) is 15.5 Å². The third-order valence-electron chi connectivity index (χ3n) is 7.21. The molecular weight excluding hydrogens is 522 g/mol. The van der Waals surface area contributed by atoms with Crippen molar-refractivity contribution in [2.45, 2.75) is 129 Å². The van der Waals surface area contributed by atoms with Gasteiger partial charge in [-0.2, -0.15) is 11.8 Å². The van der Waals surface area contributed by atoms with E-state index in [1.54, 1.807) is 37.4 Å². The van der Waals surface area contributed by atoms with Gasteiger partial charge in [0.2, 0.25) is 11.8 Å². The summed E-state index contributed by atoms with van der Waals surface area (Å²) in [5.74, 6) is 0.319. The van der Waals surface area contributed by atoms with E-state index in [1.165, 1.54) is 6.42 Å². The molecule has 0 heterocycles. The molecule has 226 valence electrons. The lowest BCUT2D eigenvalue weighted by atomic mass is 9.94. The predicted molar refractivity (Wildman–Crippen MR) is 166 cm³/mol. The first-order valence-corrected chi connectivity index (χ1v) is 16.5. The number of nitrogens with one attached hydrogen (secondary N) is 2. The molecule has 0 radical (unpaired) electrons. The number of hydrogen-bond acceptors (Lipinski definition) is 5. The van der Waals surface area contributed by atoms with Gasteiger partial charge in [0, 0.05) is 12.6 Å². The molecule has 3 amide bonds. The Morgan fingerprint density at radius 1 is 1.02 bits per heavy atom. The monoisotopic (exact) mass is 575 g/mol. The summed E-state index contributed by atoms with van der Waals surface area (Å²) in [5.41, 5.74) is 2.23. The van der Waals surface area contributed by atoms with Crippen LogP contribution in [0.25, 0.3) is 0 Å². The van der Waals surface area contributed by atoms with Gasteiger partial charge < -0.3 is 20.3 Å². The molecule has 0 aliphatic heterocycles. The van der Waals surface area contributed by atoms with Crippen LogP contribution in [-0.2, 0) is 14.3 Å². The number of carbonyl (C=O) groups is 3. The van der Waals surface area contributed by atoms with Gasteiger partial charge >= 0.3 is 6.09 Å². The van der Waals surface area contributed by atoms with E-state index in [4.69, 9.17) is 4.74 Å². The number of benzene rings is 1. The van der Waals surface area contributed by atoms with Gasteiger partial charge in [0.05, 0.1) is 0 Å². The van der Waals surface area contributed by atoms with Gasteiger partial charge in [-0.1, -0.05) is 74.8 Å². The van der Waals surface area contributed by atoms with Gasteiger partial charge in [-0.3, -0.25) is 9.59 Å². The summed E-state index contributed by atoms with van der Waals surface area (Å²) in [6.45, 7) is 12.0. The lowest BCUT2D eigenvalue weighted by Gasteiger charge is -2.36. The van der Waals surface area contributed by atoms with Crippen molar-refractivity contribution in [3.63, 3.8) is 0 Å². The number of amides is 3. The normalized spacial score (nSPS) is 15.7. The SMILES string of the molecule is CCCCCCN(C(=O)C(CCSC)NC(=O)OC(C)(C)C)C(C(=O)NC1CCCCC1)c1cc(C)cc(C)c1. The second-order valence-electron chi connectivity index (χ2n) is 12.2. The molecule has 1 fully saturated rings. The highest BCUT2D eigenvalue weighted by atomic mass is 32.2. The highest BCUT2D eigenvalue weighted by Gasteiger charge is 2.37. The molecule has 0 saturated heterocycles. The van der Waals surface area contributed by atoms with Crippen LogP contribution >= 0.6 is 11.8 Å². The Morgan fingerprint density at radius 3 is 2.25 bits per heavy atom. The number of thioether (sulfide) groups is 1. The van der Waals surface area contributed by atoms with E-state index >= 15 is 0 Å². The quantitative estimate of drug-likeness (QED) is 0.237. The standard InChI is InChI=1S/C32H53N3O4S/c1-8-9-10-14-18-35(30(37)27(17-19-40-7)34-31(38)39-32(4,5)6)28(25-21-23(2)20-24(3)22-25)29(36)33-26-15-12-11-13-16-26/h20-22,26-28H,8-19H2,1-7H3,(H,33,36)(H,34,38). The third kappa shape index (κ3) is 11.7. The number of aryl methyl sites for hydroxylation is 2. The highest BCUT2D eigenvalue weighted by Crippen LogP contribution is 2.28. The van der Waals surface area contributed by atoms with Crippen molar-refractivity contribution in [3.05, 3.63) is 34.9 Å². The maximum atomic E-state index is 14.4. The van der Waals surface area contributed by atoms with Crippen LogP contribution in [0.3, 0.4) is 0 Å². The lowest BCUT2D eigenvalue weighted by Crippen LogP contribution is -2.54. The molecule has 2 rings (SSSR count). The zero-order valence-corrected chi connectivity index (χ0v) is 26.8. The van der Waals surface area contributed by atoms with Gasteiger partial charge in [-0.25, -0.2) is 4.79 Å². The van der Waals surface area contributed by atoms with E-state index in [2.05, 4.69) is 23.6 Å². The molecule has 2 N–H and O–H groups in total. The number of carbonyl (C=O) groups excluding carboxylic acids is 3. The Labute approximate surface area is 246 Å². The number of rotatable bonds is 14. The summed E-state index contributed by atoms with van der Waals surface area (Å²) >= 11 is 1.62. The summed E-state index contributed by atoms with van der Waals surface area (Å²) in [4.78, 5) is 43.0. The number of hydrogen-bond donors (Lipinski definition) is 2. The number of ether oxygens (including phenoxy) is 1. The first-order valence-electron chi connectivity index (χ1n) is 15.1. The molecule has 2 atom stereocenters. The summed E-state index contributed by atoms with van der Waals surface area (Å²) < 4.78 is 5.51. The van der Waals surface area contributed by atoms with Crippen LogP contribution in [0, 0.1) is 13.8 Å². The second-order valence-corrected chi connectivity index (χ2v) is 13.2. The number of unbranched alkanes of at least 4 members (excludes halogenated alkanes) is 3. The van der Waals surface area contributed by atoms with Crippen molar-refractivity contribution in [3.8, 4) is 0 Å². The molecule has 1 aromatic carbocycles. The van der Waals surface area contributed by atoms with E-state index in [0.717, 1.165) is 68.1 Å². The summed E-state index contributed by atoms with van der Waals surface area (Å²) in [5, 5.41) is 6.14. The minimum absolute atomic E-state index is 0.124. The van der Waals surface area contributed by atoms with E-state index < -0.39 is 23.8 Å². The average Bonchev–Trinajstić information content (AvgIpc) is 2.86. The van der Waals surface area contributed by atoms with Crippen LogP contribution in [-0.4, -0.2) is 59.0 Å². The molecule has 0 bridgehead atoms. The van der Waals surface area contributed by atoms with Crippen LogP contribution in [0.1, 0.15) is 115 Å². The zero-order valence-electron chi connectivity index (χ0n) is 25.9. The molecule has 1 aliphatic rings. The van der Waals surface area contributed by atoms with E-state index in [0.29, 0.717) is 18.7 Å². The average molecular weight is 576 g/mol. The van der Waals surface area contributed by atoms with Crippen LogP contribution in [0.4, 0.5) is 4.79 Å². The Bertz CT molecular complexity index is 936. The van der Waals surface area contributed by atoms with Gasteiger partial charge in [-0.05, 0) is 77.9 Å². The lowest BCUT2D eigenvalue weighted by molar-refractivity contribution is -0.143. The van der Waals surface area contributed by atoms with Gasteiger partial charge in [0.25, 0.3) is 0 Å². The minimum atomic E-state index is -0.788. The first-order chi connectivity index (χ1) is 18.9. The predicted octanol–water partition coefficient (Wildman–Crippen LogP) is 6.85. The smallest absolute Gasteiger partial charge is 0.408 e. The fourth-order valence-electron chi connectivity index (χ4n) is 5.39. The molecular formula is C32H53N3O4S. The fraction of sp³-hybridized carbons (Fsp3) is 0.719. The van der Waals surface area contributed by atoms with Crippen molar-refractivity contribution in [1.29, 1.82) is 0 Å². The van der Waals surface area contributed by atoms with Crippen LogP contribution < -0.4 is 10.6 Å². The molecule has 1 aromatic rings. The van der Waals surface area contributed by atoms with Gasteiger partial charge in [-0.15, -0.1) is 0 Å². The van der Waals surface area contributed by atoms with Gasteiger partial charge in [0.1, 0.15) is 17.7 Å². The van der Waals surface area contributed by atoms with Crippen LogP contribution in [0.5, 0.6) is 0 Å². The molecule has 1 aliphatic carbocycles. The maximum Gasteiger partial charge on any atom is 0.408 e. The van der Waals surface area contributed by atoms with Crippen molar-refractivity contribution < 1.29 is 19.1 Å². The van der Waals surface area contributed by atoms with Crippen LogP contribution in [0.2, 0.25) is 0 Å². The minimum Gasteiger partial charge on any atom is -0.444 e. The summed E-state index contributed by atoms with van der Waals surface area (Å²) in [6.07, 6.45) is 11.1. The van der Waals surface area contributed by atoms with E-state index in [-0.39, 0.29) is 17.9 Å². The van der Waals surface area contributed by atoms with Crippen molar-refractivity contribution in [2.75, 3.05) is 18.6 Å². The summed E-state index contributed by atoms with van der Waals surface area (Å²) in [6, 6.07) is 4.68. The zero-order chi connectivity index (χ0) is 29.7. The molecule has 2 unspecified atom stereocenters. The first kappa shape index (κ1) is 34.0. The molecule has 1 saturated carbocycles. The topological polar surface area (TPSA) is 87.7 Å². The largest absolute Gasteiger partial charge is 0.444 e. The third-order valence-corrected chi connectivity index (χ3v) is 7.85. The maximum absolute atomic E-state index is 14.4. The molecule has 0 spiro atoms. The Hall–Kier alpha value is -2.22. The van der Waals surface area contributed by atoms with E-state index in [1.807, 2.05) is 32.2 Å². The Morgan fingerprint density at radius 2 is 1.68 bits per heavy atom. The Balaban J connectivity index is 2.49. The Kier molecular flexibility index (Phi) is 14.4. The molecule has 8 heteroatoms. The molecule has 0 aromatic heterocycles. The molecule has 7 nitrogen and oxygen atoms in total. The van der Waals surface area contributed by atoms with Crippen molar-refractivity contribution in [2.24, 2.45) is 0 Å². The number of nitrogens with zero attached hydrogens (tertiary/aromatic N) is 1. The molecule has 40 heavy (non-hydrogen) atoms. The van der Waals surface area contributed by atoms with Crippen LogP contribution in [0.15, 0.2) is 18.2 Å². The van der Waals surface area contributed by atoms with E-state index in [9.17, 15) is 14.4 Å². The number of alkyl carbamates (subject to hydrolysis) is 1.